The molecule has 22 rings (SSSR count). The second-order valence-electron chi connectivity index (χ2n) is 40.5. The van der Waals surface area contributed by atoms with E-state index in [4.69, 9.17) is 25.1 Å². The zero-order chi connectivity index (χ0) is 87.7. The number of nitrogens with zero attached hydrogens (tertiary/aromatic N) is 10. The first-order chi connectivity index (χ1) is 59.7. The van der Waals surface area contributed by atoms with Crippen molar-refractivity contribution in [1.29, 1.82) is 0 Å². The summed E-state index contributed by atoms with van der Waals surface area (Å²) < 4.78 is 53.5. The predicted octanol–water partition coefficient (Wildman–Crippen LogP) is 11.2. The van der Waals surface area contributed by atoms with Crippen LogP contribution >= 0.6 is 0 Å². The van der Waals surface area contributed by atoms with Crippen LogP contribution in [0.3, 0.4) is 0 Å². The smallest absolute Gasteiger partial charge is 0.381 e. The van der Waals surface area contributed by atoms with Crippen molar-refractivity contribution in [2.24, 2.45) is 94.7 Å². The third-order valence-electron chi connectivity index (χ3n) is 29.1. The average molecular weight is 1710 g/mol. The molecule has 10 N–H and O–H groups in total. The fourth-order valence-corrected chi connectivity index (χ4v) is 22.0. The summed E-state index contributed by atoms with van der Waals surface area (Å²) in [5.41, 5.74) is 6.50. The zero-order valence-corrected chi connectivity index (χ0v) is 74.4. The summed E-state index contributed by atoms with van der Waals surface area (Å²) in [7, 11) is 0. The van der Waals surface area contributed by atoms with Crippen LogP contribution in [0.4, 0.5) is 13.2 Å². The molecule has 5 unspecified atom stereocenters. The van der Waals surface area contributed by atoms with Crippen LogP contribution in [0, 0.1) is 94.7 Å². The topological polar surface area (TPSA) is 304 Å². The van der Waals surface area contributed by atoms with Crippen molar-refractivity contribution >= 4 is 84.1 Å². The second kappa shape index (κ2) is 33.2. The third-order valence-corrected chi connectivity index (χ3v) is 29.1. The van der Waals surface area contributed by atoms with E-state index in [0.29, 0.717) is 81.8 Å². The maximum atomic E-state index is 12.9. The van der Waals surface area contributed by atoms with Gasteiger partial charge in [-0.05, 0) is 277 Å². The maximum absolute atomic E-state index is 12.9. The van der Waals surface area contributed by atoms with Gasteiger partial charge in [-0.25, -0.2) is 0 Å². The van der Waals surface area contributed by atoms with Gasteiger partial charge in [-0.3, -0.25) is 47.4 Å². The SMILES string of the molecule is CC(C)(NC(=O)C1[C@H]2CNC[C@@H]12)c1nn(C2CCOCC2)c2ccccc12.CC(C)(NC(=O)C1[C@H]2CNC[C@@H]12)c1nn(CC(F)(F)F)c2ccccc12.CC(C)(NC(=O)C1[C@H]2CNC[C@@H]12)c1nn(CC2CC2)c2ccccc12.CC(C)n1nc(C(C)(C)NC(=O)C2[C@H]3CNC[C@@H]23)c2ccccc21.CCn1nc(C(C)(C)NC(=O)C2[C@H]3CNC[C@@H]23)c2ccccc21. The average Bonchev–Trinajstić information content (AvgIpc) is 1.59. The Balaban J connectivity index is 0.000000106. The maximum Gasteiger partial charge on any atom is 0.408 e. The van der Waals surface area contributed by atoms with Gasteiger partial charge >= 0.3 is 6.18 Å². The number of alkyl halides is 3. The minimum atomic E-state index is -4.36. The number of rotatable bonds is 21. The molecule has 12 fully saturated rings. The number of amides is 5. The van der Waals surface area contributed by atoms with Gasteiger partial charge in [0, 0.05) is 88.9 Å². The minimum Gasteiger partial charge on any atom is -0.381 e. The van der Waals surface area contributed by atoms with E-state index < -0.39 is 40.4 Å². The summed E-state index contributed by atoms with van der Waals surface area (Å²) in [5, 5.41) is 61.7. The van der Waals surface area contributed by atoms with E-state index in [2.05, 4.69) is 217 Å². The molecule has 12 aliphatic rings. The van der Waals surface area contributed by atoms with Gasteiger partial charge in [-0.1, -0.05) is 91.0 Å². The number of carbonyl (C=O) groups excluding carboxylic acids is 5. The number of carbonyl (C=O) groups is 5. The van der Waals surface area contributed by atoms with Gasteiger partial charge in [0.05, 0.1) is 89.8 Å². The van der Waals surface area contributed by atoms with Gasteiger partial charge in [0.1, 0.15) is 6.54 Å². The molecule has 6 saturated heterocycles. The van der Waals surface area contributed by atoms with E-state index in [-0.39, 0.29) is 65.2 Å². The monoisotopic (exact) mass is 1710 g/mol. The van der Waals surface area contributed by atoms with Crippen LogP contribution in [0.1, 0.15) is 156 Å². The van der Waals surface area contributed by atoms with Crippen molar-refractivity contribution in [3.8, 4) is 0 Å². The first-order valence-electron chi connectivity index (χ1n) is 45.8. The van der Waals surface area contributed by atoms with E-state index in [1.54, 1.807) is 38.1 Å². The molecule has 29 heteroatoms. The Morgan fingerprint density at radius 3 is 0.976 bits per heavy atom. The highest BCUT2D eigenvalue weighted by molar-refractivity contribution is 5.91. The number of para-hydroxylation sites is 5. The Morgan fingerprint density at radius 1 is 0.376 bits per heavy atom. The lowest BCUT2D eigenvalue weighted by atomic mass is 9.96. The van der Waals surface area contributed by atoms with Crippen LogP contribution in [0.5, 0.6) is 0 Å². The summed E-state index contributed by atoms with van der Waals surface area (Å²) in [5.74, 6) is 7.25. The number of piperidine rings is 5. The van der Waals surface area contributed by atoms with E-state index >= 15 is 0 Å². The van der Waals surface area contributed by atoms with Crippen molar-refractivity contribution in [1.82, 2.24) is 102 Å². The summed E-state index contributed by atoms with van der Waals surface area (Å²) in [6.45, 7) is 38.2. The van der Waals surface area contributed by atoms with E-state index in [9.17, 15) is 37.1 Å². The van der Waals surface area contributed by atoms with Gasteiger partial charge in [0.15, 0.2) is 0 Å². The lowest BCUT2D eigenvalue weighted by Crippen LogP contribution is -2.43. The van der Waals surface area contributed by atoms with Crippen molar-refractivity contribution in [2.45, 2.75) is 181 Å². The Bertz CT molecular complexity index is 5680. The lowest BCUT2D eigenvalue weighted by molar-refractivity contribution is -0.142. The third kappa shape index (κ3) is 17.1. The summed E-state index contributed by atoms with van der Waals surface area (Å²) >= 11 is 0. The van der Waals surface area contributed by atoms with Crippen LogP contribution < -0.4 is 53.2 Å². The van der Waals surface area contributed by atoms with Crippen LogP contribution in [-0.4, -0.2) is 163 Å². The summed E-state index contributed by atoms with van der Waals surface area (Å²) in [6, 6.07) is 40.7. The number of hydrogen-bond donors (Lipinski definition) is 10. The zero-order valence-electron chi connectivity index (χ0n) is 74.4. The van der Waals surface area contributed by atoms with Crippen molar-refractivity contribution < 1.29 is 41.9 Å². The van der Waals surface area contributed by atoms with Crippen LogP contribution in [0.15, 0.2) is 121 Å². The molecule has 15 atom stereocenters. The molecule has 6 aliphatic heterocycles. The Kier molecular flexibility index (Phi) is 22.9. The van der Waals surface area contributed by atoms with Gasteiger partial charge in [0.25, 0.3) is 0 Å². The second-order valence-corrected chi connectivity index (χ2v) is 40.5. The van der Waals surface area contributed by atoms with Gasteiger partial charge in [-0.2, -0.15) is 38.7 Å². The van der Waals surface area contributed by atoms with Gasteiger partial charge in [-0.15, -0.1) is 0 Å². The number of fused-ring (bicyclic) bond motifs is 10. The number of benzene rings is 5. The fraction of sp³-hybridized carbons (Fsp3) is 0.583. The van der Waals surface area contributed by atoms with Gasteiger partial charge in [0.2, 0.25) is 29.5 Å². The highest BCUT2D eigenvalue weighted by Crippen LogP contribution is 2.54. The Labute approximate surface area is 728 Å². The lowest BCUT2D eigenvalue weighted by Gasteiger charge is -2.26. The molecule has 0 radical (unpaired) electrons. The Hall–Kier alpha value is -9.65. The van der Waals surface area contributed by atoms with E-state index in [1.807, 2.05) is 33.6 Å². The molecule has 0 bridgehead atoms. The van der Waals surface area contributed by atoms with Crippen LogP contribution in [-0.2, 0) is 76.0 Å². The molecule has 125 heavy (non-hydrogen) atoms. The number of aryl methyl sites for hydroxylation is 1. The standard InChI is InChI=1S/C21H28N4O2.C20H26N4O.C19H26N4O.C18H21F3N4O.C18H24N4O/c1-21(2,23-20(26)18-15-11-22-12-16(15)18)19-14-5-3-4-6-17(14)25(24-19)13-7-9-27-10-8-13;1-20(2,22-19(25)17-14-9-21-10-15(14)17)18-13-5-3-4-6-16(13)24(23-18)11-12-7-8-12;1-11(2)23-15-8-6-5-7-12(15)17(22-23)19(3,4)21-18(24)16-13-9-20-10-14(13)16;1-17(2,23-16(26)14-11-7-22-8-12(11)14)15-10-5-3-4-6-13(10)25(24-15)9-18(19,20)21;1-4-22-14-8-6-5-7-11(14)16(21-22)18(2,3)20-17(23)15-12-9-19-10-13(12)15/h3-6,13,15-16,18,22H,7-12H2,1-2H3,(H,23,26);3-6,12,14-15,17,21H,7-11H2,1-2H3,(H,22,25);5-8,11,13-14,16,20H,9-10H2,1-4H3,(H,21,24);3-6,11-12,14,22H,7-9H2,1-2H3,(H,23,26);5-8,12-13,15,19H,4,9-10H2,1-3H3,(H,20,23)/t15-,16+,18?;14-,15+,17?;13-,14+,16?;11-,12+,14?;12-,13+,15?. The highest BCUT2D eigenvalue weighted by atomic mass is 19.4. The molecule has 5 aromatic carbocycles. The summed E-state index contributed by atoms with van der Waals surface area (Å²) in [4.78, 5) is 63.6. The molecule has 11 heterocycles. The molecular weight excluding hydrogens is 1590 g/mol. The minimum absolute atomic E-state index is 0.000880. The Morgan fingerprint density at radius 2 is 0.648 bits per heavy atom. The number of aromatic nitrogens is 10. The number of ether oxygens (including phenoxy) is 1. The molecule has 10 aromatic rings. The molecule has 5 aromatic heterocycles. The summed E-state index contributed by atoms with van der Waals surface area (Å²) in [6.07, 6.45) is 0.217. The molecule has 0 spiro atoms. The number of halogens is 3. The van der Waals surface area contributed by atoms with Crippen molar-refractivity contribution in [3.05, 3.63) is 150 Å². The van der Waals surface area contributed by atoms with Crippen molar-refractivity contribution in [3.63, 3.8) is 0 Å². The fourth-order valence-electron chi connectivity index (χ4n) is 22.0. The van der Waals surface area contributed by atoms with Gasteiger partial charge < -0.3 is 57.9 Å². The van der Waals surface area contributed by atoms with E-state index in [0.717, 1.165) is 176 Å². The molecular formula is C96H125F3N20O6. The van der Waals surface area contributed by atoms with Crippen molar-refractivity contribution in [2.75, 3.05) is 78.7 Å². The molecule has 26 nitrogen and oxygen atoms in total. The molecule has 666 valence electrons. The molecule has 6 aliphatic carbocycles. The predicted molar refractivity (Wildman–Crippen MR) is 475 cm³/mol. The normalized spacial score (nSPS) is 26.8. The first kappa shape index (κ1) is 86.1. The highest BCUT2D eigenvalue weighted by Gasteiger charge is 2.62. The molecule has 5 amide bonds. The number of nitrogens with one attached hydrogen (secondary N) is 10. The largest absolute Gasteiger partial charge is 0.408 e. The molecule has 6 saturated carbocycles. The van der Waals surface area contributed by atoms with Crippen LogP contribution in [0.25, 0.3) is 54.5 Å². The quantitative estimate of drug-likeness (QED) is 0.0320. The number of hydrogen-bond acceptors (Lipinski definition) is 16. The first-order valence-corrected chi connectivity index (χ1v) is 45.8. The van der Waals surface area contributed by atoms with Crippen LogP contribution in [0.2, 0.25) is 0 Å². The van der Waals surface area contributed by atoms with E-state index in [1.165, 1.54) is 18.4 Å².